The van der Waals surface area contributed by atoms with Gasteiger partial charge in [-0.15, -0.1) is 0 Å². The molecular weight excluding hydrogens is 304 g/mol. The van der Waals surface area contributed by atoms with E-state index >= 15 is 0 Å². The van der Waals surface area contributed by atoms with E-state index in [0.29, 0.717) is 19.8 Å². The Morgan fingerprint density at radius 1 is 1.33 bits per heavy atom. The van der Waals surface area contributed by atoms with E-state index < -0.39 is 0 Å². The molecule has 5 nitrogen and oxygen atoms in total. The Labute approximate surface area is 144 Å². The maximum absolute atomic E-state index is 12.6. The quantitative estimate of drug-likeness (QED) is 0.897. The van der Waals surface area contributed by atoms with E-state index in [0.717, 1.165) is 37.2 Å². The lowest BCUT2D eigenvalue weighted by Gasteiger charge is -2.32. The van der Waals surface area contributed by atoms with Crippen molar-refractivity contribution in [3.63, 3.8) is 0 Å². The average Bonchev–Trinajstić information content (AvgIpc) is 2.87. The Morgan fingerprint density at radius 2 is 2.08 bits per heavy atom. The summed E-state index contributed by atoms with van der Waals surface area (Å²) in [7, 11) is 0. The SMILES string of the molecule is CC[C@@H](C(=O)NCc1ccc2c(c1)CC(C)(C)O2)N1CCOCC1. The Kier molecular flexibility index (Phi) is 5.11. The van der Waals surface area contributed by atoms with E-state index in [2.05, 4.69) is 37.1 Å². The molecule has 2 aliphatic heterocycles. The number of amides is 1. The standard InChI is InChI=1S/C19H28N2O3/c1-4-16(21-7-9-23-10-8-21)18(22)20-13-14-5-6-17-15(11-14)12-19(2,3)24-17/h5-6,11,16H,4,7-10,12-13H2,1-3H3,(H,20,22)/t16-/m0/s1. The van der Waals surface area contributed by atoms with E-state index in [-0.39, 0.29) is 17.6 Å². The summed E-state index contributed by atoms with van der Waals surface area (Å²) in [5, 5.41) is 3.10. The van der Waals surface area contributed by atoms with Crippen molar-refractivity contribution in [2.45, 2.75) is 51.8 Å². The van der Waals surface area contributed by atoms with E-state index in [1.807, 2.05) is 12.1 Å². The summed E-state index contributed by atoms with van der Waals surface area (Å²) in [4.78, 5) is 14.8. The molecule has 0 unspecified atom stereocenters. The third-order valence-electron chi connectivity index (χ3n) is 4.77. The summed E-state index contributed by atoms with van der Waals surface area (Å²) in [5.41, 5.74) is 2.22. The van der Waals surface area contributed by atoms with Crippen LogP contribution in [-0.2, 0) is 22.5 Å². The number of benzene rings is 1. The fourth-order valence-electron chi connectivity index (χ4n) is 3.58. The predicted molar refractivity (Wildman–Crippen MR) is 93.2 cm³/mol. The number of rotatable bonds is 5. The van der Waals surface area contributed by atoms with Crippen LogP contribution in [0.3, 0.4) is 0 Å². The molecule has 0 spiro atoms. The van der Waals surface area contributed by atoms with E-state index in [1.165, 1.54) is 5.56 Å². The number of ether oxygens (including phenoxy) is 2. The van der Waals surface area contributed by atoms with Gasteiger partial charge in [-0.1, -0.05) is 19.1 Å². The van der Waals surface area contributed by atoms with Gasteiger partial charge in [0.05, 0.1) is 19.3 Å². The van der Waals surface area contributed by atoms with Crippen molar-refractivity contribution in [3.8, 4) is 5.75 Å². The molecule has 0 bridgehead atoms. The van der Waals surface area contributed by atoms with Crippen LogP contribution < -0.4 is 10.1 Å². The molecule has 0 saturated carbocycles. The van der Waals surface area contributed by atoms with Crippen LogP contribution in [0, 0.1) is 0 Å². The normalized spacial score (nSPS) is 21.0. The van der Waals surface area contributed by atoms with Crippen molar-refractivity contribution in [3.05, 3.63) is 29.3 Å². The molecule has 1 fully saturated rings. The highest BCUT2D eigenvalue weighted by Crippen LogP contribution is 2.35. The summed E-state index contributed by atoms with van der Waals surface area (Å²) in [5.74, 6) is 1.08. The van der Waals surface area contributed by atoms with Crippen LogP contribution in [0.15, 0.2) is 18.2 Å². The van der Waals surface area contributed by atoms with Gasteiger partial charge in [0.1, 0.15) is 11.4 Å². The van der Waals surface area contributed by atoms with Crippen molar-refractivity contribution >= 4 is 5.91 Å². The number of morpholine rings is 1. The molecule has 3 rings (SSSR count). The lowest BCUT2D eigenvalue weighted by Crippen LogP contribution is -2.50. The van der Waals surface area contributed by atoms with Gasteiger partial charge in [0.2, 0.25) is 5.91 Å². The Bertz CT molecular complexity index is 594. The van der Waals surface area contributed by atoms with Crippen LogP contribution in [0.4, 0.5) is 0 Å². The van der Waals surface area contributed by atoms with E-state index in [1.54, 1.807) is 0 Å². The predicted octanol–water partition coefficient (Wildman–Crippen LogP) is 2.13. The molecule has 1 atom stereocenters. The first-order chi connectivity index (χ1) is 11.5. The van der Waals surface area contributed by atoms with E-state index in [9.17, 15) is 4.79 Å². The van der Waals surface area contributed by atoms with Gasteiger partial charge in [0, 0.05) is 26.1 Å². The van der Waals surface area contributed by atoms with Crippen LogP contribution in [-0.4, -0.2) is 48.8 Å². The van der Waals surface area contributed by atoms with Crippen LogP contribution in [0.2, 0.25) is 0 Å². The van der Waals surface area contributed by atoms with Gasteiger partial charge < -0.3 is 14.8 Å². The maximum Gasteiger partial charge on any atom is 0.237 e. The van der Waals surface area contributed by atoms with Crippen LogP contribution in [0.1, 0.15) is 38.3 Å². The molecule has 0 aromatic heterocycles. The molecule has 1 N–H and O–H groups in total. The second kappa shape index (κ2) is 7.11. The molecule has 1 aromatic carbocycles. The lowest BCUT2D eigenvalue weighted by atomic mass is 10.0. The van der Waals surface area contributed by atoms with Gasteiger partial charge in [0.15, 0.2) is 0 Å². The third-order valence-corrected chi connectivity index (χ3v) is 4.77. The van der Waals surface area contributed by atoms with Gasteiger partial charge >= 0.3 is 0 Å². The molecule has 1 aromatic rings. The second-order valence-electron chi connectivity index (χ2n) is 7.27. The van der Waals surface area contributed by atoms with Crippen molar-refractivity contribution in [2.75, 3.05) is 26.3 Å². The lowest BCUT2D eigenvalue weighted by molar-refractivity contribution is -0.128. The number of hydrogen-bond acceptors (Lipinski definition) is 4. The fourth-order valence-corrected chi connectivity index (χ4v) is 3.58. The van der Waals surface area contributed by atoms with Gasteiger partial charge in [-0.3, -0.25) is 9.69 Å². The van der Waals surface area contributed by atoms with Crippen LogP contribution in [0.5, 0.6) is 5.75 Å². The van der Waals surface area contributed by atoms with Gasteiger partial charge in [0.25, 0.3) is 0 Å². The van der Waals surface area contributed by atoms with Gasteiger partial charge in [-0.25, -0.2) is 0 Å². The Hall–Kier alpha value is -1.59. The molecule has 132 valence electrons. The molecular formula is C19H28N2O3. The third kappa shape index (κ3) is 3.90. The minimum atomic E-state index is -0.131. The number of carbonyl (C=O) groups is 1. The summed E-state index contributed by atoms with van der Waals surface area (Å²) < 4.78 is 11.3. The molecule has 1 amide bonds. The molecule has 2 heterocycles. The number of carbonyl (C=O) groups excluding carboxylic acids is 1. The van der Waals surface area contributed by atoms with Gasteiger partial charge in [-0.2, -0.15) is 0 Å². The van der Waals surface area contributed by atoms with Crippen molar-refractivity contribution in [1.29, 1.82) is 0 Å². The van der Waals surface area contributed by atoms with Crippen molar-refractivity contribution in [1.82, 2.24) is 10.2 Å². The van der Waals surface area contributed by atoms with E-state index in [4.69, 9.17) is 9.47 Å². The highest BCUT2D eigenvalue weighted by Gasteiger charge is 2.30. The first-order valence-corrected chi connectivity index (χ1v) is 8.89. The maximum atomic E-state index is 12.6. The minimum absolute atomic E-state index is 0.0643. The van der Waals surface area contributed by atoms with Crippen LogP contribution in [0.25, 0.3) is 0 Å². The minimum Gasteiger partial charge on any atom is -0.487 e. The fraction of sp³-hybridized carbons (Fsp3) is 0.632. The average molecular weight is 332 g/mol. The molecule has 2 aliphatic rings. The highest BCUT2D eigenvalue weighted by atomic mass is 16.5. The Balaban J connectivity index is 1.58. The van der Waals surface area contributed by atoms with Crippen molar-refractivity contribution in [2.24, 2.45) is 0 Å². The largest absolute Gasteiger partial charge is 0.487 e. The smallest absolute Gasteiger partial charge is 0.237 e. The van der Waals surface area contributed by atoms with Crippen molar-refractivity contribution < 1.29 is 14.3 Å². The summed E-state index contributed by atoms with van der Waals surface area (Å²) in [6, 6.07) is 6.15. The molecule has 24 heavy (non-hydrogen) atoms. The summed E-state index contributed by atoms with van der Waals surface area (Å²) in [6.45, 7) is 9.91. The summed E-state index contributed by atoms with van der Waals surface area (Å²) >= 11 is 0. The zero-order valence-electron chi connectivity index (χ0n) is 14.9. The summed E-state index contributed by atoms with van der Waals surface area (Å²) in [6.07, 6.45) is 1.73. The first-order valence-electron chi connectivity index (χ1n) is 8.89. The number of hydrogen-bond donors (Lipinski definition) is 1. The highest BCUT2D eigenvalue weighted by molar-refractivity contribution is 5.81. The first kappa shape index (κ1) is 17.2. The van der Waals surface area contributed by atoms with Gasteiger partial charge in [-0.05, 0) is 37.5 Å². The Morgan fingerprint density at radius 3 is 2.79 bits per heavy atom. The molecule has 0 radical (unpaired) electrons. The molecule has 1 saturated heterocycles. The topological polar surface area (TPSA) is 50.8 Å². The number of nitrogens with one attached hydrogen (secondary N) is 1. The second-order valence-corrected chi connectivity index (χ2v) is 7.27. The van der Waals surface area contributed by atoms with Crippen LogP contribution >= 0.6 is 0 Å². The zero-order chi connectivity index (χ0) is 17.2. The number of fused-ring (bicyclic) bond motifs is 1. The monoisotopic (exact) mass is 332 g/mol. The number of nitrogens with zero attached hydrogens (tertiary/aromatic N) is 1. The zero-order valence-corrected chi connectivity index (χ0v) is 14.9. The molecule has 0 aliphatic carbocycles. The molecule has 5 heteroatoms.